The molecule has 0 saturated heterocycles. The van der Waals surface area contributed by atoms with E-state index in [2.05, 4.69) is 22.2 Å². The molecule has 0 aromatic carbocycles. The Balaban J connectivity index is 1.91. The average Bonchev–Trinajstić information content (AvgIpc) is 2.33. The minimum Gasteiger partial charge on any atom is -0.478 e. The number of aromatic nitrogens is 2. The number of ether oxygens (including phenoxy) is 1. The Morgan fingerprint density at radius 3 is 2.82 bits per heavy atom. The van der Waals surface area contributed by atoms with Gasteiger partial charge in [0.1, 0.15) is 0 Å². The molecule has 1 aromatic heterocycles. The highest BCUT2D eigenvalue weighted by molar-refractivity contribution is 5.28. The lowest BCUT2D eigenvalue weighted by Crippen LogP contribution is -2.26. The van der Waals surface area contributed by atoms with Crippen molar-refractivity contribution < 1.29 is 4.74 Å². The molecule has 0 spiro atoms. The van der Waals surface area contributed by atoms with Crippen LogP contribution in [0.2, 0.25) is 0 Å². The number of hydrogen-bond donors (Lipinski definition) is 1. The molecular weight excluding hydrogens is 214 g/mol. The second-order valence-electron chi connectivity index (χ2n) is 4.75. The van der Waals surface area contributed by atoms with Gasteiger partial charge in [0, 0.05) is 18.3 Å². The molecule has 0 atom stereocenters. The van der Waals surface area contributed by atoms with Crippen molar-refractivity contribution in [3.63, 3.8) is 0 Å². The van der Waals surface area contributed by atoms with E-state index in [-0.39, 0.29) is 0 Å². The minimum absolute atomic E-state index is 0.517. The predicted octanol–water partition coefficient (Wildman–Crippen LogP) is 2.87. The van der Waals surface area contributed by atoms with E-state index in [1.165, 1.54) is 25.7 Å². The zero-order valence-corrected chi connectivity index (χ0v) is 10.6. The highest BCUT2D eigenvalue weighted by Crippen LogP contribution is 2.25. The summed E-state index contributed by atoms with van der Waals surface area (Å²) in [6.45, 7) is 4.91. The van der Waals surface area contributed by atoms with Gasteiger partial charge in [-0.15, -0.1) is 0 Å². The fourth-order valence-electron chi connectivity index (χ4n) is 2.23. The van der Waals surface area contributed by atoms with Crippen LogP contribution in [0.5, 0.6) is 5.88 Å². The lowest BCUT2D eigenvalue weighted by atomic mass is 9.87. The summed E-state index contributed by atoms with van der Waals surface area (Å²) in [5.74, 6) is 2.20. The molecule has 1 N–H and O–H groups in total. The van der Waals surface area contributed by atoms with Crippen molar-refractivity contribution in [3.05, 3.63) is 12.3 Å². The Kier molecular flexibility index (Phi) is 4.18. The summed E-state index contributed by atoms with van der Waals surface area (Å²) in [6, 6.07) is 2.31. The molecule has 4 nitrogen and oxygen atoms in total. The maximum atomic E-state index is 5.36. The van der Waals surface area contributed by atoms with Crippen LogP contribution >= 0.6 is 0 Å². The highest BCUT2D eigenvalue weighted by atomic mass is 16.5. The summed E-state index contributed by atoms with van der Waals surface area (Å²) in [5.41, 5.74) is 0. The van der Waals surface area contributed by atoms with E-state index in [0.717, 1.165) is 5.92 Å². The molecular formula is C13H21N3O. The van der Waals surface area contributed by atoms with Crippen LogP contribution in [-0.2, 0) is 0 Å². The van der Waals surface area contributed by atoms with Gasteiger partial charge in [0.25, 0.3) is 0 Å². The van der Waals surface area contributed by atoms with Crippen LogP contribution < -0.4 is 10.1 Å². The van der Waals surface area contributed by atoms with Gasteiger partial charge in [-0.1, -0.05) is 6.92 Å². The number of hydrogen-bond acceptors (Lipinski definition) is 4. The van der Waals surface area contributed by atoms with Crippen LogP contribution in [0.3, 0.4) is 0 Å². The number of rotatable bonds is 4. The molecule has 1 aliphatic rings. The van der Waals surface area contributed by atoms with Crippen LogP contribution in [0.25, 0.3) is 0 Å². The van der Waals surface area contributed by atoms with Crippen molar-refractivity contribution in [1.29, 1.82) is 0 Å². The molecule has 0 bridgehead atoms. The van der Waals surface area contributed by atoms with E-state index in [0.29, 0.717) is 24.5 Å². The molecule has 1 fully saturated rings. The van der Waals surface area contributed by atoms with Crippen molar-refractivity contribution in [2.45, 2.75) is 45.6 Å². The molecule has 1 saturated carbocycles. The molecule has 17 heavy (non-hydrogen) atoms. The van der Waals surface area contributed by atoms with E-state index < -0.39 is 0 Å². The van der Waals surface area contributed by atoms with E-state index >= 15 is 0 Å². The second kappa shape index (κ2) is 5.84. The number of anilines is 1. The Morgan fingerprint density at radius 1 is 1.35 bits per heavy atom. The van der Waals surface area contributed by atoms with E-state index in [9.17, 15) is 0 Å². The summed E-state index contributed by atoms with van der Waals surface area (Å²) < 4.78 is 5.36. The van der Waals surface area contributed by atoms with Crippen LogP contribution in [-0.4, -0.2) is 22.6 Å². The molecule has 1 aromatic rings. The van der Waals surface area contributed by atoms with Crippen LogP contribution in [0.4, 0.5) is 5.95 Å². The quantitative estimate of drug-likeness (QED) is 0.871. The molecule has 0 radical (unpaired) electrons. The summed E-state index contributed by atoms with van der Waals surface area (Å²) in [7, 11) is 0. The normalized spacial score (nSPS) is 24.4. The maximum absolute atomic E-state index is 5.36. The third kappa shape index (κ3) is 3.58. The van der Waals surface area contributed by atoms with Gasteiger partial charge in [-0.2, -0.15) is 4.98 Å². The molecule has 1 aliphatic carbocycles. The first-order valence-corrected chi connectivity index (χ1v) is 6.50. The zero-order chi connectivity index (χ0) is 12.1. The van der Waals surface area contributed by atoms with Gasteiger partial charge in [-0.25, -0.2) is 4.98 Å². The van der Waals surface area contributed by atoms with Gasteiger partial charge in [-0.3, -0.25) is 0 Å². The third-order valence-corrected chi connectivity index (χ3v) is 3.27. The molecule has 0 amide bonds. The Hall–Kier alpha value is -1.32. The second-order valence-corrected chi connectivity index (χ2v) is 4.75. The topological polar surface area (TPSA) is 47.0 Å². The zero-order valence-electron chi connectivity index (χ0n) is 10.6. The van der Waals surface area contributed by atoms with Gasteiger partial charge >= 0.3 is 0 Å². The van der Waals surface area contributed by atoms with Crippen molar-refractivity contribution in [3.8, 4) is 5.88 Å². The summed E-state index contributed by atoms with van der Waals surface area (Å²) >= 11 is 0. The summed E-state index contributed by atoms with van der Waals surface area (Å²) in [4.78, 5) is 8.56. The maximum Gasteiger partial charge on any atom is 0.226 e. The van der Waals surface area contributed by atoms with Gasteiger partial charge in [0.05, 0.1) is 6.61 Å². The molecule has 2 rings (SSSR count). The van der Waals surface area contributed by atoms with Crippen molar-refractivity contribution in [2.75, 3.05) is 11.9 Å². The van der Waals surface area contributed by atoms with Crippen LogP contribution in [0.15, 0.2) is 12.3 Å². The minimum atomic E-state index is 0.517. The highest BCUT2D eigenvalue weighted by Gasteiger charge is 2.18. The number of nitrogens with one attached hydrogen (secondary N) is 1. The van der Waals surface area contributed by atoms with E-state index in [4.69, 9.17) is 4.74 Å². The van der Waals surface area contributed by atoms with E-state index in [1.807, 2.05) is 6.92 Å². The van der Waals surface area contributed by atoms with Gasteiger partial charge < -0.3 is 10.1 Å². The van der Waals surface area contributed by atoms with Crippen LogP contribution in [0.1, 0.15) is 39.5 Å². The standard InChI is InChI=1S/C13H21N3O/c1-3-17-12-8-9-14-13(16-12)15-11-6-4-10(2)5-7-11/h8-11H,3-7H2,1-2H3,(H,14,15,16). The van der Waals surface area contributed by atoms with Gasteiger partial charge in [0.15, 0.2) is 0 Å². The van der Waals surface area contributed by atoms with Crippen molar-refractivity contribution in [1.82, 2.24) is 9.97 Å². The van der Waals surface area contributed by atoms with Crippen molar-refractivity contribution >= 4 is 5.95 Å². The first-order chi connectivity index (χ1) is 8.28. The molecule has 1 heterocycles. The summed E-state index contributed by atoms with van der Waals surface area (Å²) in [5, 5.41) is 3.40. The molecule has 0 unspecified atom stereocenters. The largest absolute Gasteiger partial charge is 0.478 e. The van der Waals surface area contributed by atoms with Crippen LogP contribution in [0, 0.1) is 5.92 Å². The Morgan fingerprint density at radius 2 is 2.12 bits per heavy atom. The Labute approximate surface area is 103 Å². The predicted molar refractivity (Wildman–Crippen MR) is 68.2 cm³/mol. The fourth-order valence-corrected chi connectivity index (χ4v) is 2.23. The molecule has 94 valence electrons. The fraction of sp³-hybridized carbons (Fsp3) is 0.692. The third-order valence-electron chi connectivity index (χ3n) is 3.27. The monoisotopic (exact) mass is 235 g/mol. The molecule has 0 aliphatic heterocycles. The summed E-state index contributed by atoms with van der Waals surface area (Å²) in [6.07, 6.45) is 6.75. The van der Waals surface area contributed by atoms with Gasteiger partial charge in [-0.05, 0) is 38.5 Å². The average molecular weight is 235 g/mol. The lowest BCUT2D eigenvalue weighted by Gasteiger charge is -2.26. The first kappa shape index (κ1) is 12.1. The Bertz CT molecular complexity index is 348. The first-order valence-electron chi connectivity index (χ1n) is 6.50. The molecule has 4 heteroatoms. The van der Waals surface area contributed by atoms with Gasteiger partial charge in [0.2, 0.25) is 11.8 Å². The van der Waals surface area contributed by atoms with E-state index in [1.54, 1.807) is 12.3 Å². The smallest absolute Gasteiger partial charge is 0.226 e. The number of nitrogens with zero attached hydrogens (tertiary/aromatic N) is 2. The SMILES string of the molecule is CCOc1ccnc(NC2CCC(C)CC2)n1. The lowest BCUT2D eigenvalue weighted by molar-refractivity contribution is 0.326. The van der Waals surface area contributed by atoms with Crippen molar-refractivity contribution in [2.24, 2.45) is 5.92 Å².